The van der Waals surface area contributed by atoms with Crippen molar-refractivity contribution in [1.82, 2.24) is 0 Å². The minimum atomic E-state index is -1.86. The number of rotatable bonds is 3. The fraction of sp³-hybridized carbons (Fsp3) is 0.200. The van der Waals surface area contributed by atoms with E-state index in [2.05, 4.69) is 0 Å². The average molecular weight is 225 g/mol. The van der Waals surface area contributed by atoms with E-state index in [-0.39, 0.29) is 16.9 Å². The Morgan fingerprint density at radius 1 is 1.62 bits per heavy atom. The van der Waals surface area contributed by atoms with Gasteiger partial charge in [0.15, 0.2) is 6.10 Å². The number of nitrogens with zero attached hydrogens (tertiary/aromatic N) is 1. The van der Waals surface area contributed by atoms with Crippen LogP contribution in [0.3, 0.4) is 0 Å². The Kier molecular flexibility index (Phi) is 3.43. The van der Waals surface area contributed by atoms with Gasteiger partial charge in [-0.2, -0.15) is 5.26 Å². The molecule has 0 amide bonds. The molecule has 16 heavy (non-hydrogen) atoms. The summed E-state index contributed by atoms with van der Waals surface area (Å²) >= 11 is 0. The number of carboxylic acid groups (broad SMARTS) is 1. The second-order valence-corrected chi connectivity index (χ2v) is 2.93. The van der Waals surface area contributed by atoms with Gasteiger partial charge in [0.25, 0.3) is 0 Å². The summed E-state index contributed by atoms with van der Waals surface area (Å²) in [4.78, 5) is 10.6. The number of halogens is 1. The van der Waals surface area contributed by atoms with Gasteiger partial charge in [-0.1, -0.05) is 0 Å². The molecule has 0 heterocycles. The lowest BCUT2D eigenvalue weighted by atomic mass is 10.0. The van der Waals surface area contributed by atoms with Crippen LogP contribution in [0.15, 0.2) is 12.1 Å². The van der Waals surface area contributed by atoms with Crippen LogP contribution in [0.4, 0.5) is 4.39 Å². The summed E-state index contributed by atoms with van der Waals surface area (Å²) in [5.41, 5.74) is -0.510. The number of aliphatic hydroxyl groups excluding tert-OH is 1. The summed E-state index contributed by atoms with van der Waals surface area (Å²) in [6, 6.07) is 3.36. The van der Waals surface area contributed by atoms with Gasteiger partial charge in [0.05, 0.1) is 12.7 Å². The van der Waals surface area contributed by atoms with Gasteiger partial charge in [-0.3, -0.25) is 0 Å². The smallest absolute Gasteiger partial charge is 0.337 e. The molecule has 0 aliphatic heterocycles. The number of nitriles is 1. The van der Waals surface area contributed by atoms with Crippen molar-refractivity contribution in [3.8, 4) is 11.8 Å². The Bertz CT molecular complexity index is 467. The number of carbonyl (C=O) groups is 1. The van der Waals surface area contributed by atoms with E-state index >= 15 is 0 Å². The number of hydrogen-bond donors (Lipinski definition) is 2. The van der Waals surface area contributed by atoms with Gasteiger partial charge < -0.3 is 14.9 Å². The Morgan fingerprint density at radius 3 is 2.69 bits per heavy atom. The molecule has 1 unspecified atom stereocenters. The first-order valence-corrected chi connectivity index (χ1v) is 4.19. The maximum atomic E-state index is 13.2. The number of carboxylic acids is 1. The predicted octanol–water partition coefficient (Wildman–Crippen LogP) is 0.824. The molecule has 0 radical (unpaired) electrons. The van der Waals surface area contributed by atoms with Crippen molar-refractivity contribution < 1.29 is 24.1 Å². The van der Waals surface area contributed by atoms with Crippen LogP contribution in [-0.4, -0.2) is 23.3 Å². The number of aliphatic hydroxyl groups is 1. The topological polar surface area (TPSA) is 90.5 Å². The molecule has 84 valence electrons. The van der Waals surface area contributed by atoms with E-state index in [4.69, 9.17) is 15.1 Å². The van der Waals surface area contributed by atoms with Gasteiger partial charge in [-0.05, 0) is 6.07 Å². The van der Waals surface area contributed by atoms with Crippen molar-refractivity contribution in [2.24, 2.45) is 0 Å². The summed E-state index contributed by atoms with van der Waals surface area (Å²) in [6.45, 7) is 0. The highest BCUT2D eigenvalue weighted by atomic mass is 19.1. The van der Waals surface area contributed by atoms with E-state index in [0.29, 0.717) is 0 Å². The molecule has 1 rings (SSSR count). The fourth-order valence-corrected chi connectivity index (χ4v) is 1.18. The maximum Gasteiger partial charge on any atom is 0.337 e. The highest BCUT2D eigenvalue weighted by Crippen LogP contribution is 2.28. The van der Waals surface area contributed by atoms with Crippen molar-refractivity contribution in [2.75, 3.05) is 7.11 Å². The third kappa shape index (κ3) is 2.10. The highest BCUT2D eigenvalue weighted by Gasteiger charge is 2.22. The lowest BCUT2D eigenvalue weighted by molar-refractivity contribution is -0.147. The molecule has 0 aliphatic rings. The van der Waals surface area contributed by atoms with Gasteiger partial charge >= 0.3 is 5.97 Å². The van der Waals surface area contributed by atoms with Gasteiger partial charge in [-0.15, -0.1) is 0 Å². The Hall–Kier alpha value is -2.13. The molecular formula is C10H8FNO4. The summed E-state index contributed by atoms with van der Waals surface area (Å²) in [5.74, 6) is -2.46. The SMILES string of the molecule is COc1cc(F)c(C#N)cc1C(O)C(=O)O. The number of methoxy groups -OCH3 is 1. The van der Waals surface area contributed by atoms with Gasteiger partial charge in [0.1, 0.15) is 17.6 Å². The quantitative estimate of drug-likeness (QED) is 0.794. The lowest BCUT2D eigenvalue weighted by Crippen LogP contribution is -2.12. The maximum absolute atomic E-state index is 13.2. The van der Waals surface area contributed by atoms with Crippen LogP contribution in [0.5, 0.6) is 5.75 Å². The summed E-state index contributed by atoms with van der Waals surface area (Å²) in [7, 11) is 1.21. The molecule has 0 bridgehead atoms. The Labute approximate surface area is 90.3 Å². The van der Waals surface area contributed by atoms with E-state index in [1.165, 1.54) is 7.11 Å². The second kappa shape index (κ2) is 4.59. The van der Waals surface area contributed by atoms with Crippen LogP contribution in [0, 0.1) is 17.1 Å². The monoisotopic (exact) mass is 225 g/mol. The number of hydrogen-bond acceptors (Lipinski definition) is 4. The zero-order valence-corrected chi connectivity index (χ0v) is 8.27. The first kappa shape index (κ1) is 11.9. The van der Waals surface area contributed by atoms with Crippen LogP contribution in [0.1, 0.15) is 17.2 Å². The molecule has 1 atom stereocenters. The molecule has 2 N–H and O–H groups in total. The van der Waals surface area contributed by atoms with Crippen LogP contribution in [0.2, 0.25) is 0 Å². The average Bonchev–Trinajstić information content (AvgIpc) is 2.27. The Balaban J connectivity index is 3.37. The normalized spacial score (nSPS) is 11.6. The molecule has 1 aromatic carbocycles. The molecule has 0 saturated carbocycles. The van der Waals surface area contributed by atoms with Gasteiger partial charge in [0.2, 0.25) is 0 Å². The molecule has 0 aromatic heterocycles. The van der Waals surface area contributed by atoms with E-state index in [0.717, 1.165) is 12.1 Å². The third-order valence-electron chi connectivity index (χ3n) is 1.97. The van der Waals surface area contributed by atoms with Crippen molar-refractivity contribution in [3.63, 3.8) is 0 Å². The van der Waals surface area contributed by atoms with Crippen molar-refractivity contribution in [1.29, 1.82) is 5.26 Å². The van der Waals surface area contributed by atoms with Crippen molar-refractivity contribution in [2.45, 2.75) is 6.10 Å². The third-order valence-corrected chi connectivity index (χ3v) is 1.97. The van der Waals surface area contributed by atoms with Crippen molar-refractivity contribution in [3.05, 3.63) is 29.1 Å². The van der Waals surface area contributed by atoms with Crippen molar-refractivity contribution >= 4 is 5.97 Å². The van der Waals surface area contributed by atoms with E-state index in [9.17, 15) is 14.3 Å². The number of benzene rings is 1. The zero-order chi connectivity index (χ0) is 12.3. The standard InChI is InChI=1S/C10H8FNO4/c1-16-8-3-7(11)5(4-12)2-6(8)9(13)10(14)15/h2-3,9,13H,1H3,(H,14,15). The molecule has 0 fully saturated rings. The zero-order valence-electron chi connectivity index (χ0n) is 8.27. The fourth-order valence-electron chi connectivity index (χ4n) is 1.18. The van der Waals surface area contributed by atoms with Crippen LogP contribution >= 0.6 is 0 Å². The van der Waals surface area contributed by atoms with E-state index < -0.39 is 17.9 Å². The van der Waals surface area contributed by atoms with Crippen LogP contribution in [0.25, 0.3) is 0 Å². The van der Waals surface area contributed by atoms with E-state index in [1.54, 1.807) is 6.07 Å². The predicted molar refractivity (Wildman–Crippen MR) is 50.3 cm³/mol. The molecular weight excluding hydrogens is 217 g/mol. The molecule has 6 heteroatoms. The van der Waals surface area contributed by atoms with Gasteiger partial charge in [-0.25, -0.2) is 9.18 Å². The summed E-state index contributed by atoms with van der Waals surface area (Å²) < 4.78 is 17.9. The summed E-state index contributed by atoms with van der Waals surface area (Å²) in [6.07, 6.45) is -1.86. The number of ether oxygens (including phenoxy) is 1. The second-order valence-electron chi connectivity index (χ2n) is 2.93. The summed E-state index contributed by atoms with van der Waals surface area (Å²) in [5, 5.41) is 26.5. The molecule has 5 nitrogen and oxygen atoms in total. The minimum Gasteiger partial charge on any atom is -0.496 e. The molecule has 0 spiro atoms. The van der Waals surface area contributed by atoms with Crippen LogP contribution < -0.4 is 4.74 Å². The molecule has 1 aromatic rings. The van der Waals surface area contributed by atoms with E-state index in [1.807, 2.05) is 0 Å². The van der Waals surface area contributed by atoms with Gasteiger partial charge in [0, 0.05) is 11.6 Å². The van der Waals surface area contributed by atoms with Crippen LogP contribution in [-0.2, 0) is 4.79 Å². The Morgan fingerprint density at radius 2 is 2.25 bits per heavy atom. The first-order chi connectivity index (χ1) is 7.51. The molecule has 0 saturated heterocycles. The lowest BCUT2D eigenvalue weighted by Gasteiger charge is -2.11. The molecule has 0 aliphatic carbocycles. The largest absolute Gasteiger partial charge is 0.496 e. The highest BCUT2D eigenvalue weighted by molar-refractivity contribution is 5.75. The first-order valence-electron chi connectivity index (χ1n) is 4.19. The number of aliphatic carboxylic acids is 1. The minimum absolute atomic E-state index is 0.119.